The van der Waals surface area contributed by atoms with Gasteiger partial charge in [-0.2, -0.15) is 0 Å². The van der Waals surface area contributed by atoms with Gasteiger partial charge in [-0.1, -0.05) is 12.1 Å². The molecule has 3 heteroatoms. The zero-order valence-electron chi connectivity index (χ0n) is 8.54. The number of phenolic OH excluding ortho intramolecular Hbond substituents is 1. The molecule has 76 valence electrons. The van der Waals surface area contributed by atoms with Gasteiger partial charge in [0.15, 0.2) is 0 Å². The number of fused-ring (bicyclic) bond motifs is 3. The molecule has 0 saturated carbocycles. The summed E-state index contributed by atoms with van der Waals surface area (Å²) in [4.78, 5) is 4.63. The number of benzene rings is 1. The number of aromatic hydroxyl groups is 1. The van der Waals surface area contributed by atoms with Crippen LogP contribution in [0.25, 0.3) is 17.0 Å². The first-order valence-corrected chi connectivity index (χ1v) is 5.09. The van der Waals surface area contributed by atoms with Crippen LogP contribution in [-0.4, -0.2) is 17.1 Å². The van der Waals surface area contributed by atoms with Crippen LogP contribution in [0.5, 0.6) is 5.75 Å². The van der Waals surface area contributed by atoms with E-state index in [1.165, 1.54) is 16.2 Å². The molecule has 0 saturated heterocycles. The summed E-state index contributed by atoms with van der Waals surface area (Å²) in [5, 5.41) is 10.8. The topological polar surface area (TPSA) is 40.5 Å². The molecule has 0 amide bonds. The van der Waals surface area contributed by atoms with Crippen molar-refractivity contribution in [1.82, 2.24) is 4.98 Å². The van der Waals surface area contributed by atoms with Crippen LogP contribution >= 0.6 is 0 Å². The van der Waals surface area contributed by atoms with Crippen molar-refractivity contribution in [3.8, 4) is 5.75 Å². The van der Waals surface area contributed by atoms with Gasteiger partial charge < -0.3 is 15.0 Å². The fourth-order valence-electron chi connectivity index (χ4n) is 2.17. The van der Waals surface area contributed by atoms with Crippen LogP contribution in [0.1, 0.15) is 11.3 Å². The van der Waals surface area contributed by atoms with Crippen LogP contribution in [0, 0.1) is 0 Å². The highest BCUT2D eigenvalue weighted by Crippen LogP contribution is 2.30. The summed E-state index contributed by atoms with van der Waals surface area (Å²) in [7, 11) is 2.12. The van der Waals surface area contributed by atoms with Crippen LogP contribution in [0.4, 0.5) is 0 Å². The third-order valence-electron chi connectivity index (χ3n) is 2.92. The third-order valence-corrected chi connectivity index (χ3v) is 2.92. The number of rotatable bonds is 0. The fourth-order valence-corrected chi connectivity index (χ4v) is 2.17. The van der Waals surface area contributed by atoms with Crippen molar-refractivity contribution < 1.29 is 10.0 Å². The van der Waals surface area contributed by atoms with Gasteiger partial charge in [-0.3, -0.25) is 0 Å². The minimum Gasteiger partial charge on any atom is -0.506 e. The Bertz CT molecular complexity index is 554. The van der Waals surface area contributed by atoms with Gasteiger partial charge in [0.05, 0.1) is 24.5 Å². The van der Waals surface area contributed by atoms with Gasteiger partial charge in [0.1, 0.15) is 12.3 Å². The highest BCUT2D eigenvalue weighted by Gasteiger charge is 2.17. The minimum atomic E-state index is 0.327. The lowest BCUT2D eigenvalue weighted by molar-refractivity contribution is -0.839. The molecule has 3 rings (SSSR count). The highest BCUT2D eigenvalue weighted by atomic mass is 16.3. The Hall–Kier alpha value is -1.74. The maximum atomic E-state index is 9.72. The van der Waals surface area contributed by atoms with E-state index in [1.807, 2.05) is 12.1 Å². The zero-order valence-corrected chi connectivity index (χ0v) is 8.54. The summed E-state index contributed by atoms with van der Waals surface area (Å²) in [6, 6.07) is 5.63. The summed E-state index contributed by atoms with van der Waals surface area (Å²) in [6.07, 6.45) is 4.26. The van der Waals surface area contributed by atoms with Crippen LogP contribution in [0.2, 0.25) is 0 Å². The molecule has 1 atom stereocenters. The number of nitrogens with one attached hydrogen (secondary N) is 2. The molecule has 2 aromatic rings. The molecule has 1 aromatic heterocycles. The maximum absolute atomic E-state index is 9.72. The van der Waals surface area contributed by atoms with E-state index in [0.717, 1.165) is 17.4 Å². The van der Waals surface area contributed by atoms with Crippen molar-refractivity contribution in [2.75, 3.05) is 7.05 Å². The molecule has 3 nitrogen and oxygen atoms in total. The number of hydrogen-bond donors (Lipinski definition) is 3. The van der Waals surface area contributed by atoms with E-state index in [4.69, 9.17) is 0 Å². The maximum Gasteiger partial charge on any atom is 0.139 e. The van der Waals surface area contributed by atoms with Crippen molar-refractivity contribution in [2.24, 2.45) is 0 Å². The van der Waals surface area contributed by atoms with E-state index >= 15 is 0 Å². The summed E-state index contributed by atoms with van der Waals surface area (Å²) in [6.45, 7) is 0.944. The largest absolute Gasteiger partial charge is 0.506 e. The number of quaternary nitrogens is 1. The van der Waals surface area contributed by atoms with Gasteiger partial charge in [0, 0.05) is 17.0 Å². The molecule has 15 heavy (non-hydrogen) atoms. The summed E-state index contributed by atoms with van der Waals surface area (Å²) < 4.78 is 0. The molecule has 1 aliphatic rings. The molecular weight excluding hydrogens is 188 g/mol. The zero-order chi connectivity index (χ0) is 10.4. The predicted molar refractivity (Wildman–Crippen MR) is 59.6 cm³/mol. The first-order chi connectivity index (χ1) is 7.25. The van der Waals surface area contributed by atoms with Gasteiger partial charge in [-0.15, -0.1) is 0 Å². The number of aromatic amines is 1. The van der Waals surface area contributed by atoms with Crippen molar-refractivity contribution in [3.63, 3.8) is 0 Å². The SMILES string of the molecule is C[NH+]1C=Cc2c([nH]c3c(O)cccc23)C1. The molecular formula is C12H13N2O+. The van der Waals surface area contributed by atoms with Gasteiger partial charge >= 0.3 is 0 Å². The third kappa shape index (κ3) is 1.17. The fraction of sp³-hybridized carbons (Fsp3) is 0.167. The monoisotopic (exact) mass is 201 g/mol. The summed E-state index contributed by atoms with van der Waals surface area (Å²) in [5.74, 6) is 0.327. The number of hydrogen-bond acceptors (Lipinski definition) is 1. The van der Waals surface area contributed by atoms with E-state index < -0.39 is 0 Å². The van der Waals surface area contributed by atoms with Gasteiger partial charge in [0.25, 0.3) is 0 Å². The van der Waals surface area contributed by atoms with Crippen LogP contribution in [0.3, 0.4) is 0 Å². The summed E-state index contributed by atoms with van der Waals surface area (Å²) in [5.41, 5.74) is 3.26. The number of phenols is 1. The molecule has 0 bridgehead atoms. The lowest BCUT2D eigenvalue weighted by Crippen LogP contribution is -3.03. The first-order valence-electron chi connectivity index (χ1n) is 5.09. The molecule has 1 aromatic carbocycles. The number of H-pyrrole nitrogens is 1. The van der Waals surface area contributed by atoms with Crippen molar-refractivity contribution in [1.29, 1.82) is 0 Å². The minimum absolute atomic E-state index is 0.327. The second-order valence-electron chi connectivity index (χ2n) is 4.07. The van der Waals surface area contributed by atoms with E-state index in [0.29, 0.717) is 5.75 Å². The molecule has 2 heterocycles. The number of aromatic nitrogens is 1. The Kier molecular flexibility index (Phi) is 1.64. The predicted octanol–water partition coefficient (Wildman–Crippen LogP) is 0.873. The quantitative estimate of drug-likeness (QED) is 0.581. The second-order valence-corrected chi connectivity index (χ2v) is 4.07. The molecule has 1 unspecified atom stereocenters. The molecule has 0 aliphatic carbocycles. The molecule has 1 aliphatic heterocycles. The van der Waals surface area contributed by atoms with Crippen molar-refractivity contribution in [3.05, 3.63) is 35.7 Å². The standard InChI is InChI=1S/C12H12N2O/c1-14-6-5-8-9-3-2-4-11(15)12(9)13-10(8)7-14/h2-6,13,15H,7H2,1H3/p+1. The number of para-hydroxylation sites is 1. The van der Waals surface area contributed by atoms with E-state index in [9.17, 15) is 5.11 Å². The average Bonchev–Trinajstić information content (AvgIpc) is 2.57. The Morgan fingerprint density at radius 2 is 2.27 bits per heavy atom. The van der Waals surface area contributed by atoms with Crippen LogP contribution < -0.4 is 4.90 Å². The lowest BCUT2D eigenvalue weighted by atomic mass is 10.1. The molecule has 0 radical (unpaired) electrons. The van der Waals surface area contributed by atoms with E-state index in [2.05, 4.69) is 24.3 Å². The normalized spacial score (nSPS) is 19.4. The Morgan fingerprint density at radius 3 is 3.13 bits per heavy atom. The van der Waals surface area contributed by atoms with Gasteiger partial charge in [-0.25, -0.2) is 0 Å². The van der Waals surface area contributed by atoms with E-state index in [-0.39, 0.29) is 0 Å². The molecule has 3 N–H and O–H groups in total. The Balaban J connectivity index is 2.34. The Morgan fingerprint density at radius 1 is 1.40 bits per heavy atom. The molecule has 0 fully saturated rings. The summed E-state index contributed by atoms with van der Waals surface area (Å²) >= 11 is 0. The van der Waals surface area contributed by atoms with Gasteiger partial charge in [-0.05, 0) is 6.07 Å². The Labute approximate surface area is 87.6 Å². The van der Waals surface area contributed by atoms with Gasteiger partial charge in [0.2, 0.25) is 0 Å². The highest BCUT2D eigenvalue weighted by molar-refractivity contribution is 5.94. The lowest BCUT2D eigenvalue weighted by Gasteiger charge is -2.12. The first kappa shape index (κ1) is 8.56. The van der Waals surface area contributed by atoms with Crippen LogP contribution in [-0.2, 0) is 6.54 Å². The smallest absolute Gasteiger partial charge is 0.139 e. The van der Waals surface area contributed by atoms with Crippen molar-refractivity contribution >= 4 is 17.0 Å². The van der Waals surface area contributed by atoms with Crippen LogP contribution in [0.15, 0.2) is 24.4 Å². The van der Waals surface area contributed by atoms with E-state index in [1.54, 1.807) is 6.07 Å². The van der Waals surface area contributed by atoms with Crippen molar-refractivity contribution in [2.45, 2.75) is 6.54 Å². The average molecular weight is 201 g/mol. The molecule has 0 spiro atoms. The second kappa shape index (κ2) is 2.87.